The first-order valence-electron chi connectivity index (χ1n) is 9.43. The quantitative estimate of drug-likeness (QED) is 0.265. The molecule has 1 atom stereocenters. The Bertz CT molecular complexity index is 347. The molecule has 0 radical (unpaired) electrons. The van der Waals surface area contributed by atoms with Crippen LogP contribution in [0.25, 0.3) is 0 Å². The number of allylic oxidation sites excluding steroid dienone is 1. The molecule has 1 unspecified atom stereocenters. The molecule has 4 heteroatoms. The Kier molecular flexibility index (Phi) is 11.8. The summed E-state index contributed by atoms with van der Waals surface area (Å²) in [6, 6.07) is 0. The molecule has 136 valence electrons. The van der Waals surface area contributed by atoms with Crippen molar-refractivity contribution in [2.75, 3.05) is 19.6 Å². The third-order valence-electron chi connectivity index (χ3n) is 4.47. The van der Waals surface area contributed by atoms with Crippen molar-refractivity contribution in [2.45, 2.75) is 79.1 Å². The van der Waals surface area contributed by atoms with E-state index < -0.39 is 5.97 Å². The van der Waals surface area contributed by atoms with E-state index in [9.17, 15) is 15.0 Å². The van der Waals surface area contributed by atoms with Gasteiger partial charge in [0.25, 0.3) is 0 Å². The minimum atomic E-state index is -0.724. The number of nitrogens with zero attached hydrogens (tertiary/aromatic N) is 1. The van der Waals surface area contributed by atoms with E-state index in [0.29, 0.717) is 29.6 Å². The van der Waals surface area contributed by atoms with Crippen molar-refractivity contribution in [3.63, 3.8) is 0 Å². The second-order valence-corrected chi connectivity index (χ2v) is 6.72. The molecule has 23 heavy (non-hydrogen) atoms. The van der Waals surface area contributed by atoms with Gasteiger partial charge in [0, 0.05) is 6.42 Å². The maximum Gasteiger partial charge on any atom is 0.312 e. The number of hydrogen-bond acceptors (Lipinski definition) is 2. The Morgan fingerprint density at radius 2 is 1.57 bits per heavy atom. The van der Waals surface area contributed by atoms with Gasteiger partial charge in [-0.3, -0.25) is 9.28 Å². The van der Waals surface area contributed by atoms with E-state index in [1.807, 2.05) is 13.1 Å². The molecule has 0 aromatic heterocycles. The van der Waals surface area contributed by atoms with Crippen molar-refractivity contribution >= 4 is 5.97 Å². The molecule has 0 aromatic rings. The number of carbonyl (C=O) groups is 1. The second kappa shape index (κ2) is 12.4. The summed E-state index contributed by atoms with van der Waals surface area (Å²) in [5.41, 5.74) is 0. The first-order valence-corrected chi connectivity index (χ1v) is 9.43. The predicted molar refractivity (Wildman–Crippen MR) is 96.3 cm³/mol. The zero-order valence-electron chi connectivity index (χ0n) is 15.7. The lowest BCUT2D eigenvalue weighted by Crippen LogP contribution is -2.49. The summed E-state index contributed by atoms with van der Waals surface area (Å²) in [6.07, 6.45) is 9.79. The summed E-state index contributed by atoms with van der Waals surface area (Å²) in [5.74, 6) is -0.640. The number of carboxylic acid groups (broad SMARTS) is 1. The number of quaternary nitrogens is 1. The minimum absolute atomic E-state index is 0.350. The summed E-state index contributed by atoms with van der Waals surface area (Å²) in [6.45, 7) is 10.7. The van der Waals surface area contributed by atoms with Gasteiger partial charge < -0.3 is 10.2 Å². The number of rotatable bonds is 14. The highest BCUT2D eigenvalue weighted by Gasteiger charge is 2.31. The standard InChI is InChI=1S/C19H37NO3/c1-5-9-10-11-12-18(21)16-20(13-6-2,14-7-3)15-17(8-4)19(22)23/h16-17H,5-15H2,1-4H3,(H-,21,22,23)/p+1/b18-16-. The van der Waals surface area contributed by atoms with E-state index in [1.165, 1.54) is 12.8 Å². The summed E-state index contributed by atoms with van der Waals surface area (Å²) < 4.78 is 0.595. The van der Waals surface area contributed by atoms with Gasteiger partial charge in [0.05, 0.1) is 19.6 Å². The van der Waals surface area contributed by atoms with Gasteiger partial charge in [-0.05, 0) is 25.7 Å². The van der Waals surface area contributed by atoms with Gasteiger partial charge >= 0.3 is 5.97 Å². The number of unbranched alkanes of at least 4 members (excludes halogenated alkanes) is 3. The molecular formula is C19H38NO3+. The molecule has 4 nitrogen and oxygen atoms in total. The molecule has 2 N–H and O–H groups in total. The number of aliphatic carboxylic acids is 1. The molecule has 0 saturated heterocycles. The van der Waals surface area contributed by atoms with Gasteiger partial charge in [0.2, 0.25) is 0 Å². The fourth-order valence-electron chi connectivity index (χ4n) is 3.30. The van der Waals surface area contributed by atoms with Crippen LogP contribution in [0.2, 0.25) is 0 Å². The van der Waals surface area contributed by atoms with Crippen LogP contribution in [0.1, 0.15) is 79.1 Å². The molecule has 0 fully saturated rings. The van der Waals surface area contributed by atoms with E-state index in [0.717, 1.165) is 38.8 Å². The van der Waals surface area contributed by atoms with Gasteiger partial charge in [-0.2, -0.15) is 0 Å². The van der Waals surface area contributed by atoms with Crippen LogP contribution >= 0.6 is 0 Å². The Morgan fingerprint density at radius 1 is 0.957 bits per heavy atom. The monoisotopic (exact) mass is 328 g/mol. The van der Waals surface area contributed by atoms with E-state index in [1.54, 1.807) is 0 Å². The Hall–Kier alpha value is -1.03. The van der Waals surface area contributed by atoms with Crippen molar-refractivity contribution in [3.8, 4) is 0 Å². The first-order chi connectivity index (χ1) is 10.9. The van der Waals surface area contributed by atoms with Crippen LogP contribution in [0.5, 0.6) is 0 Å². The van der Waals surface area contributed by atoms with Crippen LogP contribution < -0.4 is 0 Å². The van der Waals surface area contributed by atoms with Crippen LogP contribution in [0.15, 0.2) is 12.0 Å². The van der Waals surface area contributed by atoms with Crippen molar-refractivity contribution < 1.29 is 19.5 Å². The third kappa shape index (κ3) is 8.99. The number of aliphatic hydroxyl groups is 1. The molecule has 0 heterocycles. The van der Waals surface area contributed by atoms with Crippen LogP contribution in [-0.2, 0) is 4.79 Å². The average Bonchev–Trinajstić information content (AvgIpc) is 2.49. The molecule has 0 aliphatic rings. The molecule has 0 spiro atoms. The zero-order valence-corrected chi connectivity index (χ0v) is 15.7. The molecule has 0 aliphatic carbocycles. The van der Waals surface area contributed by atoms with Crippen LogP contribution in [-0.4, -0.2) is 40.3 Å². The zero-order chi connectivity index (χ0) is 17.7. The highest BCUT2D eigenvalue weighted by molar-refractivity contribution is 5.69. The third-order valence-corrected chi connectivity index (χ3v) is 4.47. The maximum atomic E-state index is 11.5. The molecule has 0 rings (SSSR count). The van der Waals surface area contributed by atoms with E-state index in [4.69, 9.17) is 0 Å². The summed E-state index contributed by atoms with van der Waals surface area (Å²) in [7, 11) is 0. The van der Waals surface area contributed by atoms with Gasteiger partial charge in [0.1, 0.15) is 17.9 Å². The number of carboxylic acids is 1. The Labute approximate surface area is 142 Å². The summed E-state index contributed by atoms with van der Waals surface area (Å²) in [4.78, 5) is 11.5. The van der Waals surface area contributed by atoms with Crippen LogP contribution in [0, 0.1) is 5.92 Å². The Balaban J connectivity index is 5.10. The van der Waals surface area contributed by atoms with Crippen molar-refractivity contribution in [1.82, 2.24) is 0 Å². The molecule has 0 aromatic carbocycles. The highest BCUT2D eigenvalue weighted by atomic mass is 16.4. The fraction of sp³-hybridized carbons (Fsp3) is 0.842. The lowest BCUT2D eigenvalue weighted by molar-refractivity contribution is -0.883. The summed E-state index contributed by atoms with van der Waals surface area (Å²) >= 11 is 0. The van der Waals surface area contributed by atoms with Gasteiger partial charge in [-0.15, -0.1) is 0 Å². The fourth-order valence-corrected chi connectivity index (χ4v) is 3.30. The topological polar surface area (TPSA) is 57.5 Å². The molecule has 0 aliphatic heterocycles. The maximum absolute atomic E-state index is 11.5. The van der Waals surface area contributed by atoms with Crippen molar-refractivity contribution in [2.24, 2.45) is 5.92 Å². The predicted octanol–water partition coefficient (Wildman–Crippen LogP) is 5.10. The number of aliphatic hydroxyl groups excluding tert-OH is 1. The van der Waals surface area contributed by atoms with Crippen molar-refractivity contribution in [1.29, 1.82) is 0 Å². The second-order valence-electron chi connectivity index (χ2n) is 6.72. The largest absolute Gasteiger partial charge is 0.507 e. The molecule has 0 saturated carbocycles. The van der Waals surface area contributed by atoms with E-state index in [-0.39, 0.29) is 5.92 Å². The minimum Gasteiger partial charge on any atom is -0.507 e. The smallest absolute Gasteiger partial charge is 0.312 e. The summed E-state index contributed by atoms with van der Waals surface area (Å²) in [5, 5.41) is 19.8. The van der Waals surface area contributed by atoms with Gasteiger partial charge in [0.15, 0.2) is 0 Å². The molecule has 0 bridgehead atoms. The Morgan fingerprint density at radius 3 is 2.00 bits per heavy atom. The van der Waals surface area contributed by atoms with Crippen LogP contribution in [0.4, 0.5) is 0 Å². The SMILES string of the molecule is CCCCCC/C(O)=C/[N+](CCC)(CCC)CC(CC)C(=O)O. The molecule has 0 amide bonds. The van der Waals surface area contributed by atoms with E-state index in [2.05, 4.69) is 20.8 Å². The van der Waals surface area contributed by atoms with E-state index >= 15 is 0 Å². The normalized spacial score (nSPS) is 14.0. The van der Waals surface area contributed by atoms with Gasteiger partial charge in [-0.25, -0.2) is 0 Å². The average molecular weight is 329 g/mol. The first kappa shape index (κ1) is 22.0. The lowest BCUT2D eigenvalue weighted by atomic mass is 10.0. The van der Waals surface area contributed by atoms with Crippen molar-refractivity contribution in [3.05, 3.63) is 12.0 Å². The lowest BCUT2D eigenvalue weighted by Gasteiger charge is -2.36. The highest BCUT2D eigenvalue weighted by Crippen LogP contribution is 2.21. The van der Waals surface area contributed by atoms with Crippen LogP contribution in [0.3, 0.4) is 0 Å². The molecular weight excluding hydrogens is 290 g/mol. The van der Waals surface area contributed by atoms with Gasteiger partial charge in [-0.1, -0.05) is 47.0 Å². The number of hydrogen-bond donors (Lipinski definition) is 2.